The Morgan fingerprint density at radius 1 is 1.24 bits per heavy atom. The third kappa shape index (κ3) is 11.3. The molecule has 0 fully saturated rings. The van der Waals surface area contributed by atoms with Gasteiger partial charge in [-0.05, 0) is 18.6 Å². The fraction of sp³-hybridized carbons (Fsp3) is 0.625. The van der Waals surface area contributed by atoms with Gasteiger partial charge in [-0.1, -0.05) is 33.4 Å². The van der Waals surface area contributed by atoms with Crippen LogP contribution in [0.25, 0.3) is 0 Å². The van der Waals surface area contributed by atoms with Crippen LogP contribution in [0.3, 0.4) is 0 Å². The van der Waals surface area contributed by atoms with Crippen LogP contribution in [0.1, 0.15) is 39.5 Å². The van der Waals surface area contributed by atoms with Crippen LogP contribution in [0.5, 0.6) is 0 Å². The predicted octanol–water partition coefficient (Wildman–Crippen LogP) is -1.12. The summed E-state index contributed by atoms with van der Waals surface area (Å²) in [5.41, 5.74) is 0. The molecule has 0 aromatic heterocycles. The lowest BCUT2D eigenvalue weighted by Gasteiger charge is -2.22. The molecule has 1 unspecified atom stereocenters. The van der Waals surface area contributed by atoms with E-state index in [0.29, 0.717) is 18.9 Å². The second-order valence-corrected chi connectivity index (χ2v) is 4.66. The Bertz CT molecular complexity index is 317. The van der Waals surface area contributed by atoms with E-state index in [1.807, 2.05) is 25.0 Å². The molecule has 0 aromatic carbocycles. The third-order valence-corrected chi connectivity index (χ3v) is 2.73. The van der Waals surface area contributed by atoms with Crippen molar-refractivity contribution in [2.24, 2.45) is 0 Å². The summed E-state index contributed by atoms with van der Waals surface area (Å²) in [5, 5.41) is 0. The topological polar surface area (TPSA) is 40.0 Å². The second-order valence-electron chi connectivity index (χ2n) is 4.66. The molecule has 0 saturated carbocycles. The van der Waals surface area contributed by atoms with Crippen LogP contribution in [-0.2, 0) is 14.3 Å². The van der Waals surface area contributed by atoms with Crippen molar-refractivity contribution in [2.75, 3.05) is 19.8 Å². The minimum atomic E-state index is -0.382. The van der Waals surface area contributed by atoms with Gasteiger partial charge in [0, 0.05) is 12.8 Å². The van der Waals surface area contributed by atoms with E-state index in [1.165, 1.54) is 4.90 Å². The van der Waals surface area contributed by atoms with Gasteiger partial charge in [-0.15, -0.1) is 0 Å². The second kappa shape index (κ2) is 15.3. The Hall–Kier alpha value is -1.06. The monoisotopic (exact) mass is 317 g/mol. The van der Waals surface area contributed by atoms with E-state index < -0.39 is 0 Å². The summed E-state index contributed by atoms with van der Waals surface area (Å²) in [6, 6.07) is 0. The molecule has 0 saturated heterocycles. The fourth-order valence-corrected chi connectivity index (χ4v) is 1.75. The number of hydrogen-bond donors (Lipinski definition) is 1. The molecule has 0 radical (unpaired) electrons. The summed E-state index contributed by atoms with van der Waals surface area (Å²) in [4.78, 5) is 12.0. The molecule has 0 amide bonds. The number of hydrogen-bond acceptors (Lipinski definition) is 3. The van der Waals surface area contributed by atoms with E-state index in [2.05, 4.69) is 20.1 Å². The molecule has 5 heteroatoms. The third-order valence-electron chi connectivity index (χ3n) is 2.73. The Morgan fingerprint density at radius 2 is 1.86 bits per heavy atom. The molecule has 0 aliphatic rings. The van der Waals surface area contributed by atoms with Crippen LogP contribution < -0.4 is 17.3 Å². The number of allylic oxidation sites excluding steroid dienone is 1. The zero-order valence-corrected chi connectivity index (χ0v) is 14.0. The molecule has 0 spiro atoms. The lowest BCUT2D eigenvalue weighted by molar-refractivity contribution is -0.910. The first-order valence-corrected chi connectivity index (χ1v) is 7.29. The smallest absolute Gasteiger partial charge is 0.206 e. The van der Waals surface area contributed by atoms with Crippen molar-refractivity contribution in [3.05, 3.63) is 31.1 Å². The highest BCUT2D eigenvalue weighted by Gasteiger charge is 2.15. The number of ether oxygens (including phenoxy) is 2. The Balaban J connectivity index is 0. The van der Waals surface area contributed by atoms with Crippen LogP contribution in [-0.4, -0.2) is 32.1 Å². The highest BCUT2D eigenvalue weighted by molar-refractivity contribution is 5.49. The minimum Gasteiger partial charge on any atom is -1.00 e. The van der Waals surface area contributed by atoms with Crippen molar-refractivity contribution in [3.63, 3.8) is 0 Å². The van der Waals surface area contributed by atoms with Gasteiger partial charge in [-0.2, -0.15) is 0 Å². The quantitative estimate of drug-likeness (QED) is 0.202. The van der Waals surface area contributed by atoms with E-state index in [9.17, 15) is 4.79 Å². The minimum absolute atomic E-state index is 0. The van der Waals surface area contributed by atoms with Gasteiger partial charge in [0.25, 0.3) is 0 Å². The average molecular weight is 318 g/mol. The lowest BCUT2D eigenvalue weighted by Crippen LogP contribution is -3.12. The van der Waals surface area contributed by atoms with E-state index in [1.54, 1.807) is 0 Å². The van der Waals surface area contributed by atoms with Gasteiger partial charge < -0.3 is 22.0 Å². The van der Waals surface area contributed by atoms with Crippen LogP contribution in [0, 0.1) is 0 Å². The fourth-order valence-electron chi connectivity index (χ4n) is 1.75. The molecule has 1 atom stereocenters. The summed E-state index contributed by atoms with van der Waals surface area (Å²) in [6.07, 6.45) is 6.47. The van der Waals surface area contributed by atoms with E-state index in [4.69, 9.17) is 9.47 Å². The molecule has 0 rings (SSSR count). The lowest BCUT2D eigenvalue weighted by atomic mass is 10.3. The number of quaternary nitrogens is 1. The van der Waals surface area contributed by atoms with Gasteiger partial charge >= 0.3 is 0 Å². The Labute approximate surface area is 134 Å². The van der Waals surface area contributed by atoms with Gasteiger partial charge in [0.1, 0.15) is 0 Å². The van der Waals surface area contributed by atoms with Crippen molar-refractivity contribution in [3.8, 4) is 0 Å². The molecular formula is C16H28ClNO3. The van der Waals surface area contributed by atoms with E-state index >= 15 is 0 Å². The van der Waals surface area contributed by atoms with Crippen LogP contribution in [0.2, 0.25) is 0 Å². The number of halogens is 1. The molecule has 21 heavy (non-hydrogen) atoms. The standard InChI is InChI=1S/C16H27NO3.ClH/c1-5-9-15(13-18)20-16(10-6-2)19-14-17(11-7-3)12-8-4;/h7-8,16H,3-6,9-12,14H2,1-2H3;1H. The van der Waals surface area contributed by atoms with Crippen LogP contribution in [0.4, 0.5) is 0 Å². The summed E-state index contributed by atoms with van der Waals surface area (Å²) in [6.45, 7) is 13.6. The zero-order valence-electron chi connectivity index (χ0n) is 13.2. The van der Waals surface area contributed by atoms with Crippen molar-refractivity contribution >= 4 is 5.94 Å². The maximum Gasteiger partial charge on any atom is 0.206 e. The van der Waals surface area contributed by atoms with Crippen LogP contribution in [0.15, 0.2) is 31.1 Å². The van der Waals surface area contributed by atoms with Crippen LogP contribution >= 0.6 is 0 Å². The van der Waals surface area contributed by atoms with Gasteiger partial charge in [0.2, 0.25) is 6.29 Å². The van der Waals surface area contributed by atoms with E-state index in [0.717, 1.165) is 32.4 Å². The first-order chi connectivity index (χ1) is 9.71. The Kier molecular flexibility index (Phi) is 16.2. The molecular weight excluding hydrogens is 290 g/mol. The van der Waals surface area contributed by atoms with Gasteiger partial charge in [-0.3, -0.25) is 4.74 Å². The van der Waals surface area contributed by atoms with Crippen molar-refractivity contribution in [1.82, 2.24) is 0 Å². The van der Waals surface area contributed by atoms with Gasteiger partial charge in [0.05, 0.1) is 13.1 Å². The van der Waals surface area contributed by atoms with Gasteiger partial charge in [0.15, 0.2) is 18.4 Å². The summed E-state index contributed by atoms with van der Waals surface area (Å²) < 4.78 is 11.4. The highest BCUT2D eigenvalue weighted by Crippen LogP contribution is 2.11. The molecule has 4 nitrogen and oxygen atoms in total. The molecule has 0 aromatic rings. The zero-order chi connectivity index (χ0) is 15.2. The first kappa shape index (κ1) is 22.2. The first-order valence-electron chi connectivity index (χ1n) is 7.29. The largest absolute Gasteiger partial charge is 1.00 e. The summed E-state index contributed by atoms with van der Waals surface area (Å²) in [5.74, 6) is 2.20. The molecule has 1 N–H and O–H groups in total. The van der Waals surface area contributed by atoms with Crippen molar-refractivity contribution in [2.45, 2.75) is 45.8 Å². The average Bonchev–Trinajstić information content (AvgIpc) is 2.44. The SMILES string of the molecule is C=CC[NH+](CC=C)COC(CCC)OC(=C=O)CCC.[Cl-]. The summed E-state index contributed by atoms with van der Waals surface area (Å²) >= 11 is 0. The molecule has 122 valence electrons. The number of nitrogens with one attached hydrogen (secondary N) is 1. The molecule has 0 aliphatic carbocycles. The maximum atomic E-state index is 10.8. The molecule has 0 bridgehead atoms. The summed E-state index contributed by atoms with van der Waals surface area (Å²) in [7, 11) is 0. The van der Waals surface area contributed by atoms with Crippen molar-refractivity contribution < 1.29 is 31.6 Å². The maximum absolute atomic E-state index is 10.8. The number of rotatable bonds is 13. The van der Waals surface area contributed by atoms with Gasteiger partial charge in [-0.25, -0.2) is 4.79 Å². The highest BCUT2D eigenvalue weighted by atomic mass is 35.5. The normalized spacial score (nSPS) is 11.2. The molecule has 0 aliphatic heterocycles. The number of carbonyl (C=O) groups excluding carboxylic acids is 1. The van der Waals surface area contributed by atoms with E-state index in [-0.39, 0.29) is 18.7 Å². The Morgan fingerprint density at radius 3 is 2.29 bits per heavy atom. The predicted molar refractivity (Wildman–Crippen MR) is 80.9 cm³/mol. The van der Waals surface area contributed by atoms with Crippen molar-refractivity contribution in [1.29, 1.82) is 0 Å². The molecule has 0 heterocycles.